The Morgan fingerprint density at radius 3 is 2.83 bits per heavy atom. The highest BCUT2D eigenvalue weighted by atomic mass is 16.5. The summed E-state index contributed by atoms with van der Waals surface area (Å²) in [6.45, 7) is 4.92. The molecule has 0 spiro atoms. The summed E-state index contributed by atoms with van der Waals surface area (Å²) in [7, 11) is 0. The van der Waals surface area contributed by atoms with Crippen LogP contribution in [-0.4, -0.2) is 12.9 Å². The minimum Gasteiger partial charge on any atom is -0.493 e. The number of aldehydes is 1. The Morgan fingerprint density at radius 2 is 2.11 bits per heavy atom. The summed E-state index contributed by atoms with van der Waals surface area (Å²) < 4.78 is 5.83. The van der Waals surface area contributed by atoms with Crippen LogP contribution in [0.3, 0.4) is 0 Å². The second-order valence-electron chi connectivity index (χ2n) is 5.15. The van der Waals surface area contributed by atoms with Crippen LogP contribution in [0.5, 0.6) is 5.75 Å². The molecular formula is C16H20O2. The van der Waals surface area contributed by atoms with Crippen molar-refractivity contribution in [2.24, 2.45) is 11.8 Å². The fourth-order valence-corrected chi connectivity index (χ4v) is 2.33. The number of allylic oxidation sites excluding steroid dienone is 2. The van der Waals surface area contributed by atoms with Crippen LogP contribution in [-0.2, 0) is 0 Å². The van der Waals surface area contributed by atoms with Crippen LogP contribution in [0.2, 0.25) is 0 Å². The van der Waals surface area contributed by atoms with E-state index in [0.29, 0.717) is 29.8 Å². The third kappa shape index (κ3) is 3.00. The molecule has 1 aliphatic rings. The minimum atomic E-state index is 0.552. The fraction of sp³-hybridized carbons (Fsp3) is 0.438. The summed E-state index contributed by atoms with van der Waals surface area (Å²) in [4.78, 5) is 11.0. The smallest absolute Gasteiger partial charge is 0.153 e. The zero-order valence-corrected chi connectivity index (χ0v) is 11.1. The third-order valence-corrected chi connectivity index (χ3v) is 3.66. The van der Waals surface area contributed by atoms with Crippen molar-refractivity contribution in [3.05, 3.63) is 41.5 Å². The zero-order valence-electron chi connectivity index (χ0n) is 11.1. The van der Waals surface area contributed by atoms with Crippen molar-refractivity contribution < 1.29 is 9.53 Å². The molecule has 2 heteroatoms. The van der Waals surface area contributed by atoms with Gasteiger partial charge in [0.05, 0.1) is 12.2 Å². The first-order chi connectivity index (χ1) is 8.70. The molecule has 1 aliphatic carbocycles. The Hall–Kier alpha value is -1.57. The Balaban J connectivity index is 2.01. The van der Waals surface area contributed by atoms with Gasteiger partial charge in [-0.2, -0.15) is 0 Å². The number of aryl methyl sites for hydroxylation is 1. The van der Waals surface area contributed by atoms with Gasteiger partial charge in [-0.25, -0.2) is 0 Å². The Morgan fingerprint density at radius 1 is 1.33 bits per heavy atom. The van der Waals surface area contributed by atoms with Crippen LogP contribution >= 0.6 is 0 Å². The van der Waals surface area contributed by atoms with E-state index in [4.69, 9.17) is 4.74 Å². The first-order valence-corrected chi connectivity index (χ1v) is 6.54. The largest absolute Gasteiger partial charge is 0.493 e. The number of rotatable bonds is 4. The minimum absolute atomic E-state index is 0.552. The van der Waals surface area contributed by atoms with E-state index in [0.717, 1.165) is 24.7 Å². The maximum absolute atomic E-state index is 11.0. The predicted molar refractivity (Wildman–Crippen MR) is 73.1 cm³/mol. The van der Waals surface area contributed by atoms with Gasteiger partial charge in [0.15, 0.2) is 6.29 Å². The van der Waals surface area contributed by atoms with Crippen molar-refractivity contribution in [1.82, 2.24) is 0 Å². The molecule has 96 valence electrons. The SMILES string of the molecule is Cc1ccc(OCC2CC=CCC2C)c(C=O)c1. The molecule has 18 heavy (non-hydrogen) atoms. The quantitative estimate of drug-likeness (QED) is 0.595. The summed E-state index contributed by atoms with van der Waals surface area (Å²) in [6, 6.07) is 5.74. The second kappa shape index (κ2) is 5.85. The van der Waals surface area contributed by atoms with E-state index >= 15 is 0 Å². The molecule has 2 unspecified atom stereocenters. The normalized spacial score (nSPS) is 22.8. The molecular weight excluding hydrogens is 224 g/mol. The summed E-state index contributed by atoms with van der Waals surface area (Å²) in [6.07, 6.45) is 7.53. The van der Waals surface area contributed by atoms with E-state index in [1.54, 1.807) is 0 Å². The van der Waals surface area contributed by atoms with Crippen LogP contribution < -0.4 is 4.74 Å². The lowest BCUT2D eigenvalue weighted by Gasteiger charge is -2.25. The van der Waals surface area contributed by atoms with Gasteiger partial charge in [0.2, 0.25) is 0 Å². The summed E-state index contributed by atoms with van der Waals surface area (Å²) >= 11 is 0. The van der Waals surface area contributed by atoms with E-state index < -0.39 is 0 Å². The van der Waals surface area contributed by atoms with Gasteiger partial charge in [-0.1, -0.05) is 30.7 Å². The molecule has 0 aliphatic heterocycles. The van der Waals surface area contributed by atoms with Crippen LogP contribution in [0, 0.1) is 18.8 Å². The van der Waals surface area contributed by atoms with Crippen LogP contribution in [0.1, 0.15) is 35.7 Å². The predicted octanol–water partition coefficient (Wildman–Crippen LogP) is 3.79. The molecule has 0 heterocycles. The monoisotopic (exact) mass is 244 g/mol. The Bertz CT molecular complexity index is 448. The first-order valence-electron chi connectivity index (χ1n) is 6.54. The molecule has 0 amide bonds. The van der Waals surface area contributed by atoms with Crippen molar-refractivity contribution in [2.45, 2.75) is 26.7 Å². The van der Waals surface area contributed by atoms with Gasteiger partial charge in [0.25, 0.3) is 0 Å². The van der Waals surface area contributed by atoms with Gasteiger partial charge in [-0.15, -0.1) is 0 Å². The molecule has 2 atom stereocenters. The number of hydrogen-bond donors (Lipinski definition) is 0. The standard InChI is InChI=1S/C16H20O2/c1-12-7-8-16(15(9-12)10-17)18-11-14-6-4-3-5-13(14)2/h3-4,7-10,13-14H,5-6,11H2,1-2H3. The lowest BCUT2D eigenvalue weighted by molar-refractivity contribution is 0.111. The van der Waals surface area contributed by atoms with Gasteiger partial charge >= 0.3 is 0 Å². The average molecular weight is 244 g/mol. The van der Waals surface area contributed by atoms with Gasteiger partial charge in [-0.3, -0.25) is 4.79 Å². The van der Waals surface area contributed by atoms with Gasteiger partial charge < -0.3 is 4.74 Å². The molecule has 1 aromatic rings. The van der Waals surface area contributed by atoms with Crippen molar-refractivity contribution in [3.63, 3.8) is 0 Å². The van der Waals surface area contributed by atoms with Crippen molar-refractivity contribution >= 4 is 6.29 Å². The first kappa shape index (κ1) is 12.9. The maximum Gasteiger partial charge on any atom is 0.153 e. The Labute approximate surface area is 109 Å². The van der Waals surface area contributed by atoms with E-state index in [1.807, 2.05) is 25.1 Å². The van der Waals surface area contributed by atoms with Crippen molar-refractivity contribution in [1.29, 1.82) is 0 Å². The van der Waals surface area contributed by atoms with Crippen LogP contribution in [0.4, 0.5) is 0 Å². The molecule has 0 saturated heterocycles. The van der Waals surface area contributed by atoms with E-state index in [-0.39, 0.29) is 0 Å². The second-order valence-corrected chi connectivity index (χ2v) is 5.15. The molecule has 0 N–H and O–H groups in total. The average Bonchev–Trinajstić information content (AvgIpc) is 2.39. The molecule has 2 nitrogen and oxygen atoms in total. The summed E-state index contributed by atoms with van der Waals surface area (Å²) in [5.41, 5.74) is 1.73. The number of carbonyl (C=O) groups is 1. The molecule has 1 aromatic carbocycles. The lowest BCUT2D eigenvalue weighted by Crippen LogP contribution is -2.21. The molecule has 0 saturated carbocycles. The fourth-order valence-electron chi connectivity index (χ4n) is 2.33. The van der Waals surface area contributed by atoms with Crippen LogP contribution in [0.25, 0.3) is 0 Å². The number of hydrogen-bond acceptors (Lipinski definition) is 2. The molecule has 2 rings (SSSR count). The number of ether oxygens (including phenoxy) is 1. The third-order valence-electron chi connectivity index (χ3n) is 3.66. The lowest BCUT2D eigenvalue weighted by atomic mass is 9.85. The maximum atomic E-state index is 11.0. The molecule has 0 fully saturated rings. The summed E-state index contributed by atoms with van der Waals surface area (Å²) in [5, 5.41) is 0. The van der Waals surface area contributed by atoms with E-state index in [1.165, 1.54) is 0 Å². The topological polar surface area (TPSA) is 26.3 Å². The molecule has 0 aromatic heterocycles. The highest BCUT2D eigenvalue weighted by Crippen LogP contribution is 2.27. The van der Waals surface area contributed by atoms with Gasteiger partial charge in [0.1, 0.15) is 5.75 Å². The van der Waals surface area contributed by atoms with Gasteiger partial charge in [-0.05, 0) is 43.7 Å². The van der Waals surface area contributed by atoms with Crippen molar-refractivity contribution in [3.8, 4) is 5.75 Å². The highest BCUT2D eigenvalue weighted by Gasteiger charge is 2.19. The van der Waals surface area contributed by atoms with E-state index in [2.05, 4.69) is 19.1 Å². The van der Waals surface area contributed by atoms with E-state index in [9.17, 15) is 4.79 Å². The van der Waals surface area contributed by atoms with Crippen LogP contribution in [0.15, 0.2) is 30.4 Å². The highest BCUT2D eigenvalue weighted by molar-refractivity contribution is 5.79. The number of carbonyl (C=O) groups excluding carboxylic acids is 1. The molecule has 0 radical (unpaired) electrons. The Kier molecular flexibility index (Phi) is 4.19. The summed E-state index contributed by atoms with van der Waals surface area (Å²) in [5.74, 6) is 1.91. The van der Waals surface area contributed by atoms with Crippen molar-refractivity contribution in [2.75, 3.05) is 6.61 Å². The van der Waals surface area contributed by atoms with Gasteiger partial charge in [0, 0.05) is 0 Å². The number of benzene rings is 1. The molecule has 0 bridgehead atoms. The zero-order chi connectivity index (χ0) is 13.0.